The van der Waals surface area contributed by atoms with Gasteiger partial charge in [0.2, 0.25) is 0 Å². The molecule has 0 radical (unpaired) electrons. The second-order valence-corrected chi connectivity index (χ2v) is 7.43. The van der Waals surface area contributed by atoms with Crippen LogP contribution in [0.25, 0.3) is 21.8 Å². The maximum atomic E-state index is 12.6. The highest BCUT2D eigenvalue weighted by Crippen LogP contribution is 2.29. The van der Waals surface area contributed by atoms with Crippen LogP contribution in [-0.2, 0) is 0 Å². The minimum atomic E-state index is -0.491. The Morgan fingerprint density at radius 3 is 2.70 bits per heavy atom. The van der Waals surface area contributed by atoms with Crippen molar-refractivity contribution in [2.45, 2.75) is 6.92 Å². The van der Waals surface area contributed by atoms with E-state index in [1.165, 1.54) is 17.4 Å². The van der Waals surface area contributed by atoms with E-state index in [0.29, 0.717) is 11.3 Å². The summed E-state index contributed by atoms with van der Waals surface area (Å²) in [4.78, 5) is 32.0. The number of hydrogen-bond donors (Lipinski definition) is 1. The van der Waals surface area contributed by atoms with Gasteiger partial charge in [0.15, 0.2) is 0 Å². The molecule has 4 rings (SSSR count). The smallest absolute Gasteiger partial charge is 0.273 e. The number of nitrogens with zero attached hydrogens (tertiary/aromatic N) is 3. The molecule has 2 aromatic heterocycles. The molecule has 0 saturated carbocycles. The van der Waals surface area contributed by atoms with Gasteiger partial charge in [-0.25, -0.2) is 4.98 Å². The summed E-state index contributed by atoms with van der Waals surface area (Å²) in [5, 5.41) is 16.7. The van der Waals surface area contributed by atoms with Crippen molar-refractivity contribution in [3.63, 3.8) is 0 Å². The quantitative estimate of drug-likeness (QED) is 0.350. The molecule has 1 N–H and O–H groups in total. The molecule has 0 spiro atoms. The van der Waals surface area contributed by atoms with Gasteiger partial charge in [0.25, 0.3) is 11.6 Å². The van der Waals surface area contributed by atoms with Crippen molar-refractivity contribution in [1.82, 2.24) is 9.97 Å². The van der Waals surface area contributed by atoms with Gasteiger partial charge < -0.3 is 5.32 Å². The number of nitro groups is 1. The van der Waals surface area contributed by atoms with Gasteiger partial charge >= 0.3 is 0 Å². The zero-order valence-electron chi connectivity index (χ0n) is 15.9. The van der Waals surface area contributed by atoms with E-state index >= 15 is 0 Å². The van der Waals surface area contributed by atoms with Crippen LogP contribution in [0, 0.1) is 17.0 Å². The van der Waals surface area contributed by atoms with Gasteiger partial charge in [0.1, 0.15) is 5.01 Å². The van der Waals surface area contributed by atoms with Crippen LogP contribution in [-0.4, -0.2) is 20.8 Å². The summed E-state index contributed by atoms with van der Waals surface area (Å²) >= 11 is 1.52. The molecule has 0 unspecified atom stereocenters. The van der Waals surface area contributed by atoms with Crippen LogP contribution >= 0.6 is 11.3 Å². The van der Waals surface area contributed by atoms with Crippen LogP contribution in [0.3, 0.4) is 0 Å². The maximum absolute atomic E-state index is 12.6. The number of carbonyl (C=O) groups is 1. The molecule has 0 saturated heterocycles. The Labute approximate surface area is 176 Å². The van der Waals surface area contributed by atoms with Gasteiger partial charge in [0, 0.05) is 51.8 Å². The molecule has 0 bridgehead atoms. The lowest BCUT2D eigenvalue weighted by Gasteiger charge is -2.07. The lowest BCUT2D eigenvalue weighted by Crippen LogP contribution is -2.12. The molecule has 1 amide bonds. The fourth-order valence-corrected chi connectivity index (χ4v) is 3.75. The predicted molar refractivity (Wildman–Crippen MR) is 117 cm³/mol. The number of hydrogen-bond acceptors (Lipinski definition) is 6. The third kappa shape index (κ3) is 4.08. The van der Waals surface area contributed by atoms with Gasteiger partial charge in [-0.15, -0.1) is 11.3 Å². The SMILES string of the molecule is Cc1ccc(C(=O)Nc2cccc(-c3csc(-c4cccnc4)n3)c2)cc1[N+](=O)[O-]. The highest BCUT2D eigenvalue weighted by molar-refractivity contribution is 7.13. The zero-order chi connectivity index (χ0) is 21.1. The summed E-state index contributed by atoms with van der Waals surface area (Å²) in [7, 11) is 0. The second kappa shape index (κ2) is 8.22. The minimum absolute atomic E-state index is 0.0817. The highest BCUT2D eigenvalue weighted by Gasteiger charge is 2.15. The number of amides is 1. The Morgan fingerprint density at radius 2 is 1.93 bits per heavy atom. The summed E-state index contributed by atoms with van der Waals surface area (Å²) < 4.78 is 0. The van der Waals surface area contributed by atoms with E-state index in [1.807, 2.05) is 35.7 Å². The molecule has 0 aliphatic heterocycles. The van der Waals surface area contributed by atoms with E-state index in [9.17, 15) is 14.9 Å². The number of rotatable bonds is 5. The van der Waals surface area contributed by atoms with E-state index in [4.69, 9.17) is 0 Å². The fraction of sp³-hybridized carbons (Fsp3) is 0.0455. The lowest BCUT2D eigenvalue weighted by molar-refractivity contribution is -0.385. The summed E-state index contributed by atoms with van der Waals surface area (Å²) in [5.41, 5.74) is 3.82. The van der Waals surface area contributed by atoms with E-state index < -0.39 is 10.8 Å². The van der Waals surface area contributed by atoms with Crippen molar-refractivity contribution in [1.29, 1.82) is 0 Å². The minimum Gasteiger partial charge on any atom is -0.322 e. The van der Waals surface area contributed by atoms with Crippen molar-refractivity contribution < 1.29 is 9.72 Å². The normalized spacial score (nSPS) is 10.6. The first kappa shape index (κ1) is 19.4. The number of aromatic nitrogens is 2. The average Bonchev–Trinajstić information content (AvgIpc) is 3.25. The second-order valence-electron chi connectivity index (χ2n) is 6.57. The van der Waals surface area contributed by atoms with Crippen LogP contribution in [0.4, 0.5) is 11.4 Å². The molecule has 0 aliphatic carbocycles. The van der Waals surface area contributed by atoms with E-state index in [1.54, 1.807) is 37.5 Å². The van der Waals surface area contributed by atoms with Crippen molar-refractivity contribution in [3.8, 4) is 21.8 Å². The Bertz CT molecular complexity index is 1240. The topological polar surface area (TPSA) is 98.0 Å². The lowest BCUT2D eigenvalue weighted by atomic mass is 10.1. The molecular formula is C22H16N4O3S. The fourth-order valence-electron chi connectivity index (χ4n) is 2.94. The average molecular weight is 416 g/mol. The Morgan fingerprint density at radius 1 is 1.10 bits per heavy atom. The molecule has 2 aromatic carbocycles. The summed E-state index contributed by atoms with van der Waals surface area (Å²) in [6, 6.07) is 15.6. The standard InChI is InChI=1S/C22H16N4O3S/c1-14-7-8-16(11-20(14)26(28)29)21(27)24-18-6-2-4-15(10-18)19-13-30-22(25-19)17-5-3-9-23-12-17/h2-13H,1H3,(H,24,27). The molecule has 0 aliphatic rings. The number of anilines is 1. The van der Waals surface area contributed by atoms with Crippen LogP contribution in [0.2, 0.25) is 0 Å². The Kier molecular flexibility index (Phi) is 5.32. The summed E-state index contributed by atoms with van der Waals surface area (Å²) in [6.07, 6.45) is 3.48. The number of thiazole rings is 1. The number of aryl methyl sites for hydroxylation is 1. The molecule has 0 atom stereocenters. The predicted octanol–water partition coefficient (Wildman–Crippen LogP) is 5.34. The van der Waals surface area contributed by atoms with Crippen molar-refractivity contribution in [2.24, 2.45) is 0 Å². The molecule has 30 heavy (non-hydrogen) atoms. The van der Waals surface area contributed by atoms with Crippen molar-refractivity contribution in [3.05, 3.63) is 93.6 Å². The van der Waals surface area contributed by atoms with Crippen LogP contribution < -0.4 is 5.32 Å². The van der Waals surface area contributed by atoms with Crippen LogP contribution in [0.5, 0.6) is 0 Å². The molecule has 7 nitrogen and oxygen atoms in total. The Balaban J connectivity index is 1.56. The van der Waals surface area contributed by atoms with Gasteiger partial charge in [-0.3, -0.25) is 19.9 Å². The third-order valence-electron chi connectivity index (χ3n) is 4.50. The third-order valence-corrected chi connectivity index (χ3v) is 5.39. The highest BCUT2D eigenvalue weighted by atomic mass is 32.1. The number of benzene rings is 2. The van der Waals surface area contributed by atoms with Crippen molar-refractivity contribution in [2.75, 3.05) is 5.32 Å². The van der Waals surface area contributed by atoms with Gasteiger partial charge in [-0.1, -0.05) is 18.2 Å². The first-order valence-electron chi connectivity index (χ1n) is 9.04. The molecule has 148 valence electrons. The van der Waals surface area contributed by atoms with Crippen LogP contribution in [0.15, 0.2) is 72.4 Å². The van der Waals surface area contributed by atoms with Crippen molar-refractivity contribution >= 4 is 28.6 Å². The first-order valence-corrected chi connectivity index (χ1v) is 9.92. The summed E-state index contributed by atoms with van der Waals surface area (Å²) in [6.45, 7) is 1.64. The first-order chi connectivity index (χ1) is 14.5. The molecule has 8 heteroatoms. The Hall–Kier alpha value is -3.91. The largest absolute Gasteiger partial charge is 0.322 e. The zero-order valence-corrected chi connectivity index (χ0v) is 16.7. The monoisotopic (exact) mass is 416 g/mol. The number of pyridine rings is 1. The maximum Gasteiger partial charge on any atom is 0.273 e. The van der Waals surface area contributed by atoms with E-state index in [2.05, 4.69) is 15.3 Å². The number of nitrogens with one attached hydrogen (secondary N) is 1. The number of nitro benzene ring substituents is 1. The van der Waals surface area contributed by atoms with E-state index in [0.717, 1.165) is 21.8 Å². The van der Waals surface area contributed by atoms with Gasteiger partial charge in [-0.2, -0.15) is 0 Å². The molecule has 0 fully saturated rings. The molecular weight excluding hydrogens is 400 g/mol. The molecule has 2 heterocycles. The van der Waals surface area contributed by atoms with E-state index in [-0.39, 0.29) is 11.3 Å². The van der Waals surface area contributed by atoms with Gasteiger partial charge in [0.05, 0.1) is 10.6 Å². The van der Waals surface area contributed by atoms with Gasteiger partial charge in [-0.05, 0) is 37.3 Å². The summed E-state index contributed by atoms with van der Waals surface area (Å²) in [5.74, 6) is -0.412. The van der Waals surface area contributed by atoms with Crippen LogP contribution in [0.1, 0.15) is 15.9 Å². The molecule has 4 aromatic rings. The number of carbonyl (C=O) groups excluding carboxylic acids is 1.